The highest BCUT2D eigenvalue weighted by Crippen LogP contribution is 2.50. The Morgan fingerprint density at radius 1 is 0.829 bits per heavy atom. The molecule has 5 aromatic rings. The summed E-state index contributed by atoms with van der Waals surface area (Å²) in [6.07, 6.45) is -2.30. The van der Waals surface area contributed by atoms with Gasteiger partial charge in [-0.2, -0.15) is 13.2 Å². The molecule has 6 rings (SSSR count). The molecule has 2 nitrogen and oxygen atoms in total. The van der Waals surface area contributed by atoms with Gasteiger partial charge in [0.2, 0.25) is 5.69 Å². The minimum absolute atomic E-state index is 0.0797. The zero-order chi connectivity index (χ0) is 24.7. The highest BCUT2D eigenvalue weighted by molar-refractivity contribution is 6.16. The number of rotatable bonds is 2. The summed E-state index contributed by atoms with van der Waals surface area (Å²) < 4.78 is 49.2. The van der Waals surface area contributed by atoms with Crippen LogP contribution in [0.5, 0.6) is 11.5 Å². The molecule has 1 aromatic heterocycles. The van der Waals surface area contributed by atoms with E-state index in [9.17, 15) is 13.2 Å². The monoisotopic (exact) mass is 472 g/mol. The lowest BCUT2D eigenvalue weighted by molar-refractivity contribution is -0.659. The molecule has 0 N–H and O–H groups in total. The zero-order valence-electron chi connectivity index (χ0n) is 20.0. The summed E-state index contributed by atoms with van der Waals surface area (Å²) in [4.78, 5) is 0. The Hall–Kier alpha value is -3.60. The van der Waals surface area contributed by atoms with Gasteiger partial charge in [-0.15, -0.1) is 0 Å². The number of ether oxygens (including phenoxy) is 1. The van der Waals surface area contributed by atoms with E-state index in [0.717, 1.165) is 55.3 Å². The standard InChI is InChI=1S/C30H25F3NO/c1-17-21-8-6-5-7-19(21)14-24-26(17)28-27-23(11-12-34(28)4)22-10-9-18(13-20(22)15-25(27)35-24)16-29(2,3)30(31,32)33/h5-15H,16H2,1-4H3/q+1. The van der Waals surface area contributed by atoms with Crippen molar-refractivity contribution >= 4 is 32.3 Å². The predicted molar refractivity (Wildman–Crippen MR) is 134 cm³/mol. The van der Waals surface area contributed by atoms with E-state index in [2.05, 4.69) is 35.8 Å². The van der Waals surface area contributed by atoms with Crippen molar-refractivity contribution in [2.75, 3.05) is 0 Å². The Balaban J connectivity index is 1.61. The number of fused-ring (bicyclic) bond motifs is 5. The van der Waals surface area contributed by atoms with Crippen LogP contribution >= 0.6 is 0 Å². The van der Waals surface area contributed by atoms with Gasteiger partial charge >= 0.3 is 6.18 Å². The number of alkyl halides is 3. The molecule has 0 aliphatic carbocycles. The molecular formula is C30H25F3NO+. The van der Waals surface area contributed by atoms with Gasteiger partial charge in [0.05, 0.1) is 16.4 Å². The van der Waals surface area contributed by atoms with Crippen LogP contribution in [0.1, 0.15) is 25.0 Å². The quantitative estimate of drug-likeness (QED) is 0.183. The first-order chi connectivity index (χ1) is 16.5. The molecule has 2 heterocycles. The molecule has 0 saturated heterocycles. The third-order valence-electron chi connectivity index (χ3n) is 7.41. The number of pyridine rings is 1. The highest BCUT2D eigenvalue weighted by Gasteiger charge is 2.47. The van der Waals surface area contributed by atoms with Gasteiger partial charge in [0.1, 0.15) is 18.5 Å². The Bertz CT molecular complexity index is 1680. The molecule has 0 bridgehead atoms. The first-order valence-electron chi connectivity index (χ1n) is 11.7. The number of nitrogens with zero attached hydrogens (tertiary/aromatic N) is 1. The largest absolute Gasteiger partial charge is 0.456 e. The average Bonchev–Trinajstić information content (AvgIpc) is 2.79. The Morgan fingerprint density at radius 3 is 2.34 bits per heavy atom. The van der Waals surface area contributed by atoms with Crippen molar-refractivity contribution in [2.45, 2.75) is 33.4 Å². The molecule has 35 heavy (non-hydrogen) atoms. The van der Waals surface area contributed by atoms with Crippen molar-refractivity contribution in [1.82, 2.24) is 0 Å². The van der Waals surface area contributed by atoms with Crippen LogP contribution < -0.4 is 9.30 Å². The van der Waals surface area contributed by atoms with E-state index in [0.29, 0.717) is 5.56 Å². The highest BCUT2D eigenvalue weighted by atomic mass is 19.4. The lowest BCUT2D eigenvalue weighted by atomic mass is 9.84. The predicted octanol–water partition coefficient (Wildman–Crippen LogP) is 8.18. The van der Waals surface area contributed by atoms with Crippen molar-refractivity contribution < 1.29 is 22.5 Å². The average molecular weight is 473 g/mol. The van der Waals surface area contributed by atoms with Crippen LogP contribution in [0.4, 0.5) is 13.2 Å². The van der Waals surface area contributed by atoms with Crippen molar-refractivity contribution in [3.8, 4) is 22.8 Å². The lowest BCUT2D eigenvalue weighted by Gasteiger charge is -2.28. The molecule has 5 heteroatoms. The second-order valence-corrected chi connectivity index (χ2v) is 10.3. The molecule has 0 saturated carbocycles. The molecule has 0 radical (unpaired) electrons. The van der Waals surface area contributed by atoms with Gasteiger partial charge in [0.15, 0.2) is 6.20 Å². The van der Waals surface area contributed by atoms with Crippen LogP contribution in [0.3, 0.4) is 0 Å². The SMILES string of the molecule is Cc1c2c(cc3ccccc13)Oc1cc3cc(CC(C)(C)C(F)(F)F)ccc3c3cc[n+](C)c-2c13. The van der Waals surface area contributed by atoms with Gasteiger partial charge in [-0.25, -0.2) is 4.57 Å². The molecule has 4 aromatic carbocycles. The van der Waals surface area contributed by atoms with Gasteiger partial charge < -0.3 is 4.74 Å². The van der Waals surface area contributed by atoms with E-state index < -0.39 is 11.6 Å². The fraction of sp³-hybridized carbons (Fsp3) is 0.233. The normalized spacial score (nSPS) is 13.3. The van der Waals surface area contributed by atoms with E-state index in [1.807, 2.05) is 49.6 Å². The van der Waals surface area contributed by atoms with Crippen molar-refractivity contribution in [3.63, 3.8) is 0 Å². The third kappa shape index (κ3) is 3.21. The van der Waals surface area contributed by atoms with Crippen LogP contribution in [-0.2, 0) is 13.5 Å². The molecule has 0 fully saturated rings. The van der Waals surface area contributed by atoms with E-state index in [1.54, 1.807) is 0 Å². The Kier molecular flexibility index (Phi) is 4.51. The summed E-state index contributed by atoms with van der Waals surface area (Å²) in [6.45, 7) is 4.63. The molecule has 0 atom stereocenters. The maximum Gasteiger partial charge on any atom is 0.394 e. The van der Waals surface area contributed by atoms with Crippen molar-refractivity contribution in [1.29, 1.82) is 0 Å². The summed E-state index contributed by atoms with van der Waals surface area (Å²) in [5, 5.41) is 6.24. The van der Waals surface area contributed by atoms with Gasteiger partial charge in [-0.1, -0.05) is 56.3 Å². The number of aromatic nitrogens is 1. The third-order valence-corrected chi connectivity index (χ3v) is 7.41. The number of aryl methyl sites for hydroxylation is 2. The number of benzene rings is 4. The summed E-state index contributed by atoms with van der Waals surface area (Å²) in [5.74, 6) is 1.53. The zero-order valence-corrected chi connectivity index (χ0v) is 20.0. The van der Waals surface area contributed by atoms with E-state index >= 15 is 0 Å². The Morgan fingerprint density at radius 2 is 1.57 bits per heavy atom. The van der Waals surface area contributed by atoms with Gasteiger partial charge in [-0.3, -0.25) is 0 Å². The maximum absolute atomic E-state index is 13.5. The first-order valence-corrected chi connectivity index (χ1v) is 11.7. The van der Waals surface area contributed by atoms with Gasteiger partial charge in [-0.05, 0) is 58.1 Å². The summed E-state index contributed by atoms with van der Waals surface area (Å²) in [7, 11) is 2.04. The molecule has 0 amide bonds. The van der Waals surface area contributed by atoms with Gasteiger partial charge in [0, 0.05) is 11.5 Å². The number of hydrogen-bond donors (Lipinski definition) is 0. The molecule has 1 aliphatic heterocycles. The fourth-order valence-corrected chi connectivity index (χ4v) is 5.41. The molecular weight excluding hydrogens is 447 g/mol. The summed E-state index contributed by atoms with van der Waals surface area (Å²) >= 11 is 0. The number of hydrogen-bond acceptors (Lipinski definition) is 1. The lowest BCUT2D eigenvalue weighted by Crippen LogP contribution is -2.34. The van der Waals surface area contributed by atoms with Crippen LogP contribution in [0, 0.1) is 12.3 Å². The summed E-state index contributed by atoms with van der Waals surface area (Å²) in [5.41, 5.74) is 2.18. The van der Waals surface area contributed by atoms with Crippen LogP contribution in [0.2, 0.25) is 0 Å². The smallest absolute Gasteiger partial charge is 0.394 e. The Labute approximate surface area is 201 Å². The summed E-state index contributed by atoms with van der Waals surface area (Å²) in [6, 6.07) is 20.0. The van der Waals surface area contributed by atoms with Crippen LogP contribution in [0.15, 0.2) is 66.9 Å². The second kappa shape index (κ2) is 7.20. The van der Waals surface area contributed by atoms with Crippen LogP contribution in [-0.4, -0.2) is 6.18 Å². The fourth-order valence-electron chi connectivity index (χ4n) is 5.41. The molecule has 1 aliphatic rings. The maximum atomic E-state index is 13.5. The first kappa shape index (κ1) is 21.9. The molecule has 0 unspecified atom stereocenters. The minimum Gasteiger partial charge on any atom is -0.456 e. The molecule has 176 valence electrons. The van der Waals surface area contributed by atoms with Crippen molar-refractivity contribution in [2.24, 2.45) is 12.5 Å². The van der Waals surface area contributed by atoms with Crippen molar-refractivity contribution in [3.05, 3.63) is 78.0 Å². The van der Waals surface area contributed by atoms with Gasteiger partial charge in [0.25, 0.3) is 0 Å². The van der Waals surface area contributed by atoms with E-state index in [4.69, 9.17) is 4.74 Å². The topological polar surface area (TPSA) is 13.1 Å². The van der Waals surface area contributed by atoms with Crippen LogP contribution in [0.25, 0.3) is 43.6 Å². The van der Waals surface area contributed by atoms with E-state index in [1.165, 1.54) is 19.2 Å². The second-order valence-electron chi connectivity index (χ2n) is 10.3. The number of halogens is 3. The van der Waals surface area contributed by atoms with E-state index in [-0.39, 0.29) is 6.42 Å². The minimum atomic E-state index is -4.27. The molecule has 0 spiro atoms.